The first-order chi connectivity index (χ1) is 11.5. The SMILES string of the molecule is COc1cc(OC2OC(CO)C(O)C(O)C2O)ccc1C=CCO. The summed E-state index contributed by atoms with van der Waals surface area (Å²) in [5.41, 5.74) is 0.715. The van der Waals surface area contributed by atoms with Crippen LogP contribution in [0.3, 0.4) is 0 Å². The highest BCUT2D eigenvalue weighted by Gasteiger charge is 2.44. The van der Waals surface area contributed by atoms with E-state index in [1.54, 1.807) is 30.4 Å². The monoisotopic (exact) mass is 342 g/mol. The molecule has 0 aliphatic carbocycles. The molecule has 5 unspecified atom stereocenters. The van der Waals surface area contributed by atoms with E-state index >= 15 is 0 Å². The average molecular weight is 342 g/mol. The molecule has 5 N–H and O–H groups in total. The first-order valence-corrected chi connectivity index (χ1v) is 7.44. The zero-order chi connectivity index (χ0) is 17.7. The number of aliphatic hydroxyl groups excluding tert-OH is 5. The summed E-state index contributed by atoms with van der Waals surface area (Å²) in [6.07, 6.45) is -3.50. The summed E-state index contributed by atoms with van der Waals surface area (Å²) >= 11 is 0. The Hall–Kier alpha value is -1.68. The molecule has 5 atom stereocenters. The largest absolute Gasteiger partial charge is 0.496 e. The minimum Gasteiger partial charge on any atom is -0.496 e. The van der Waals surface area contributed by atoms with Gasteiger partial charge in [0.25, 0.3) is 0 Å². The van der Waals surface area contributed by atoms with E-state index in [1.165, 1.54) is 7.11 Å². The number of rotatable bonds is 6. The Morgan fingerprint density at radius 3 is 2.50 bits per heavy atom. The summed E-state index contributed by atoms with van der Waals surface area (Å²) in [5, 5.41) is 47.5. The second-order valence-electron chi connectivity index (χ2n) is 5.30. The highest BCUT2D eigenvalue weighted by molar-refractivity contribution is 5.59. The number of aliphatic hydroxyl groups is 5. The van der Waals surface area contributed by atoms with Gasteiger partial charge in [0.05, 0.1) is 20.3 Å². The Kier molecular flexibility index (Phi) is 6.55. The van der Waals surface area contributed by atoms with Gasteiger partial charge in [-0.25, -0.2) is 0 Å². The van der Waals surface area contributed by atoms with Crippen molar-refractivity contribution in [3.8, 4) is 11.5 Å². The fourth-order valence-corrected chi connectivity index (χ4v) is 2.38. The minimum absolute atomic E-state index is 0.105. The van der Waals surface area contributed by atoms with E-state index in [1.807, 2.05) is 0 Å². The second kappa shape index (κ2) is 8.43. The number of methoxy groups -OCH3 is 1. The third-order valence-electron chi connectivity index (χ3n) is 3.71. The first kappa shape index (κ1) is 18.7. The molecule has 8 nitrogen and oxygen atoms in total. The molecule has 1 aliphatic heterocycles. The maximum Gasteiger partial charge on any atom is 0.229 e. The van der Waals surface area contributed by atoms with Crippen LogP contribution in [0.4, 0.5) is 0 Å². The molecule has 2 rings (SSSR count). The van der Waals surface area contributed by atoms with Crippen LogP contribution in [0.5, 0.6) is 11.5 Å². The van der Waals surface area contributed by atoms with Crippen LogP contribution < -0.4 is 9.47 Å². The Morgan fingerprint density at radius 2 is 1.88 bits per heavy atom. The maximum atomic E-state index is 9.97. The molecule has 0 bridgehead atoms. The van der Waals surface area contributed by atoms with Crippen molar-refractivity contribution in [1.82, 2.24) is 0 Å². The van der Waals surface area contributed by atoms with Gasteiger partial charge in [-0.05, 0) is 12.1 Å². The van der Waals surface area contributed by atoms with Crippen molar-refractivity contribution in [1.29, 1.82) is 0 Å². The summed E-state index contributed by atoms with van der Waals surface area (Å²) in [6.45, 7) is -0.634. The molecule has 1 saturated heterocycles. The van der Waals surface area contributed by atoms with Gasteiger partial charge in [-0.2, -0.15) is 0 Å². The summed E-state index contributed by atoms with van der Waals surface area (Å²) in [6, 6.07) is 4.84. The molecule has 134 valence electrons. The van der Waals surface area contributed by atoms with Crippen LogP contribution in [0.2, 0.25) is 0 Å². The van der Waals surface area contributed by atoms with Crippen LogP contribution >= 0.6 is 0 Å². The van der Waals surface area contributed by atoms with Gasteiger partial charge < -0.3 is 39.7 Å². The average Bonchev–Trinajstić information content (AvgIpc) is 2.60. The minimum atomic E-state index is -1.51. The quantitative estimate of drug-likeness (QED) is 0.440. The van der Waals surface area contributed by atoms with E-state index in [2.05, 4.69) is 0 Å². The van der Waals surface area contributed by atoms with E-state index in [9.17, 15) is 15.3 Å². The first-order valence-electron chi connectivity index (χ1n) is 7.44. The van der Waals surface area contributed by atoms with Crippen LogP contribution in [-0.2, 0) is 4.74 Å². The van der Waals surface area contributed by atoms with E-state index in [-0.39, 0.29) is 6.61 Å². The fourth-order valence-electron chi connectivity index (χ4n) is 2.38. The van der Waals surface area contributed by atoms with Gasteiger partial charge >= 0.3 is 0 Å². The third kappa shape index (κ3) is 4.04. The lowest BCUT2D eigenvalue weighted by Gasteiger charge is -2.39. The molecular weight excluding hydrogens is 320 g/mol. The molecule has 0 amide bonds. The van der Waals surface area contributed by atoms with Gasteiger partial charge in [0.15, 0.2) is 0 Å². The van der Waals surface area contributed by atoms with Gasteiger partial charge in [0.2, 0.25) is 6.29 Å². The number of hydrogen-bond donors (Lipinski definition) is 5. The van der Waals surface area contributed by atoms with Crippen molar-refractivity contribution in [3.05, 3.63) is 29.8 Å². The number of hydrogen-bond acceptors (Lipinski definition) is 8. The Bertz CT molecular complexity index is 559. The van der Waals surface area contributed by atoms with Crippen molar-refractivity contribution >= 4 is 6.08 Å². The van der Waals surface area contributed by atoms with Gasteiger partial charge in [-0.1, -0.05) is 12.2 Å². The van der Waals surface area contributed by atoms with E-state index in [0.717, 1.165) is 0 Å². The van der Waals surface area contributed by atoms with Crippen LogP contribution in [0.15, 0.2) is 24.3 Å². The number of ether oxygens (including phenoxy) is 3. The second-order valence-corrected chi connectivity index (χ2v) is 5.30. The Morgan fingerprint density at radius 1 is 1.12 bits per heavy atom. The number of benzene rings is 1. The van der Waals surface area contributed by atoms with Crippen molar-refractivity contribution in [3.63, 3.8) is 0 Å². The molecule has 1 heterocycles. The van der Waals surface area contributed by atoms with Crippen LogP contribution in [-0.4, -0.2) is 76.6 Å². The van der Waals surface area contributed by atoms with Crippen LogP contribution in [0.1, 0.15) is 5.56 Å². The van der Waals surface area contributed by atoms with Crippen LogP contribution in [0.25, 0.3) is 6.08 Å². The lowest BCUT2D eigenvalue weighted by atomic mass is 9.99. The highest BCUT2D eigenvalue weighted by atomic mass is 16.7. The lowest BCUT2D eigenvalue weighted by Crippen LogP contribution is -2.60. The van der Waals surface area contributed by atoms with E-state index in [0.29, 0.717) is 17.1 Å². The molecule has 0 aromatic heterocycles. The van der Waals surface area contributed by atoms with Crippen molar-refractivity contribution in [2.45, 2.75) is 30.7 Å². The lowest BCUT2D eigenvalue weighted by molar-refractivity contribution is -0.277. The van der Waals surface area contributed by atoms with Gasteiger partial charge in [0.1, 0.15) is 35.9 Å². The van der Waals surface area contributed by atoms with Crippen LogP contribution in [0, 0.1) is 0 Å². The molecule has 24 heavy (non-hydrogen) atoms. The molecule has 1 fully saturated rings. The van der Waals surface area contributed by atoms with Crippen molar-refractivity contribution in [2.75, 3.05) is 20.3 Å². The summed E-state index contributed by atoms with van der Waals surface area (Å²) in [4.78, 5) is 0. The van der Waals surface area contributed by atoms with Gasteiger partial charge in [0, 0.05) is 11.6 Å². The van der Waals surface area contributed by atoms with E-state index in [4.69, 9.17) is 24.4 Å². The molecule has 8 heteroatoms. The Balaban J connectivity index is 2.16. The standard InChI is InChI=1S/C16H22O8/c1-22-11-7-10(5-4-9(11)3-2-6-17)23-16-15(21)14(20)13(19)12(8-18)24-16/h2-5,7,12-21H,6,8H2,1H3. The zero-order valence-electron chi connectivity index (χ0n) is 13.1. The summed E-state index contributed by atoms with van der Waals surface area (Å²) < 4.78 is 16.0. The van der Waals surface area contributed by atoms with Crippen molar-refractivity contribution in [2.24, 2.45) is 0 Å². The predicted molar refractivity (Wildman–Crippen MR) is 83.5 cm³/mol. The summed E-state index contributed by atoms with van der Waals surface area (Å²) in [7, 11) is 1.48. The van der Waals surface area contributed by atoms with E-state index < -0.39 is 37.3 Å². The molecule has 1 aliphatic rings. The maximum absolute atomic E-state index is 9.97. The molecule has 0 spiro atoms. The highest BCUT2D eigenvalue weighted by Crippen LogP contribution is 2.29. The smallest absolute Gasteiger partial charge is 0.229 e. The van der Waals surface area contributed by atoms with Gasteiger partial charge in [-0.3, -0.25) is 0 Å². The predicted octanol–water partition coefficient (Wildman–Crippen LogP) is -1.12. The molecule has 0 radical (unpaired) electrons. The fraction of sp³-hybridized carbons (Fsp3) is 0.500. The van der Waals surface area contributed by atoms with Crippen molar-refractivity contribution < 1.29 is 39.7 Å². The Labute approximate surface area is 139 Å². The molecular formula is C16H22O8. The molecule has 0 saturated carbocycles. The third-order valence-corrected chi connectivity index (χ3v) is 3.71. The zero-order valence-corrected chi connectivity index (χ0v) is 13.1. The molecule has 1 aromatic carbocycles. The topological polar surface area (TPSA) is 129 Å². The summed E-state index contributed by atoms with van der Waals surface area (Å²) in [5.74, 6) is 0.777. The normalized spacial score (nSPS) is 30.5. The molecule has 1 aromatic rings. The van der Waals surface area contributed by atoms with Gasteiger partial charge in [-0.15, -0.1) is 0 Å².